The second-order valence-electron chi connectivity index (χ2n) is 14.7. The van der Waals surface area contributed by atoms with Crippen LogP contribution in [-0.2, 0) is 0 Å². The van der Waals surface area contributed by atoms with E-state index in [2.05, 4.69) is 206 Å². The molecule has 9 aromatic carbocycles. The molecule has 0 amide bonds. The van der Waals surface area contributed by atoms with Crippen molar-refractivity contribution in [2.75, 3.05) is 11.9 Å². The maximum absolute atomic E-state index is 4.46. The minimum atomic E-state index is 1.08. The number of aryl methyl sites for hydroxylation is 2. The molecule has 0 N–H and O–H groups in total. The summed E-state index contributed by atoms with van der Waals surface area (Å²) in [5.41, 5.74) is 19.5. The van der Waals surface area contributed by atoms with Crippen LogP contribution in [-0.4, -0.2) is 13.3 Å². The number of aliphatic imine (C=N–C) groups is 1. The number of nitrogens with zero attached hydrogens (tertiary/aromatic N) is 2. The molecule has 56 heavy (non-hydrogen) atoms. The number of benzene rings is 9. The highest BCUT2D eigenvalue weighted by Gasteiger charge is 2.31. The zero-order valence-corrected chi connectivity index (χ0v) is 31.8. The standard InChI is InChI=1S/C54H40N2/c1-35-17-10-13-30-48(35)56(54-36(2)18-14-24-40(54)34-55-3)41-25-15-23-39(33-41)42-31-32-47-51-43(42)28-16-29-46(51)52-49(37-19-6-4-7-20-37)44-26-11-12-27-45(44)50(53(47)52)38-21-8-5-9-22-38/h4-34H,1-3H3/b55-34+. The van der Waals surface area contributed by atoms with E-state index < -0.39 is 0 Å². The number of hydrogen-bond acceptors (Lipinski definition) is 2. The average molecular weight is 717 g/mol. The van der Waals surface area contributed by atoms with E-state index in [1.54, 1.807) is 0 Å². The van der Waals surface area contributed by atoms with E-state index in [9.17, 15) is 0 Å². The topological polar surface area (TPSA) is 15.6 Å². The Morgan fingerprint density at radius 3 is 1.64 bits per heavy atom. The Bertz CT molecular complexity index is 2900. The maximum atomic E-state index is 4.46. The Balaban J connectivity index is 1.24. The van der Waals surface area contributed by atoms with E-state index in [1.165, 1.54) is 88.3 Å². The molecule has 0 atom stereocenters. The molecule has 2 heteroatoms. The highest BCUT2D eigenvalue weighted by molar-refractivity contribution is 6.28. The van der Waals surface area contributed by atoms with Gasteiger partial charge in [0.25, 0.3) is 0 Å². The SMILES string of the molecule is C/N=C/c1cccc(C)c1N(c1cccc(-c2ccc3c4c(cccc24)-c2c-3c(-c3ccccc3)c3ccccc3c2-c2ccccc2)c1)c1ccccc1C. The van der Waals surface area contributed by atoms with Crippen LogP contribution in [0.3, 0.4) is 0 Å². The molecule has 0 spiro atoms. The van der Waals surface area contributed by atoms with E-state index in [-0.39, 0.29) is 0 Å². The van der Waals surface area contributed by atoms with E-state index in [4.69, 9.17) is 0 Å². The molecule has 10 rings (SSSR count). The Hall–Kier alpha value is -7.03. The lowest BCUT2D eigenvalue weighted by molar-refractivity contribution is 1.22. The lowest BCUT2D eigenvalue weighted by Crippen LogP contribution is -2.15. The molecule has 0 saturated carbocycles. The molecule has 9 aromatic rings. The van der Waals surface area contributed by atoms with Gasteiger partial charge < -0.3 is 4.90 Å². The van der Waals surface area contributed by atoms with Crippen molar-refractivity contribution in [2.24, 2.45) is 4.99 Å². The predicted octanol–water partition coefficient (Wildman–Crippen LogP) is 14.8. The first kappa shape index (κ1) is 33.5. The molecule has 1 aliphatic rings. The predicted molar refractivity (Wildman–Crippen MR) is 240 cm³/mol. The first-order valence-electron chi connectivity index (χ1n) is 19.4. The van der Waals surface area contributed by atoms with E-state index in [0.29, 0.717) is 0 Å². The van der Waals surface area contributed by atoms with Crippen LogP contribution in [0.15, 0.2) is 187 Å². The highest BCUT2D eigenvalue weighted by Crippen LogP contribution is 2.58. The lowest BCUT2D eigenvalue weighted by Gasteiger charge is -2.30. The van der Waals surface area contributed by atoms with Crippen molar-refractivity contribution in [3.63, 3.8) is 0 Å². The van der Waals surface area contributed by atoms with Crippen molar-refractivity contribution in [3.8, 4) is 55.6 Å². The van der Waals surface area contributed by atoms with E-state index in [0.717, 1.165) is 22.6 Å². The van der Waals surface area contributed by atoms with Crippen molar-refractivity contribution < 1.29 is 0 Å². The summed E-state index contributed by atoms with van der Waals surface area (Å²) in [6.45, 7) is 4.38. The van der Waals surface area contributed by atoms with Crippen molar-refractivity contribution in [2.45, 2.75) is 13.8 Å². The van der Waals surface area contributed by atoms with Crippen LogP contribution in [0.1, 0.15) is 16.7 Å². The summed E-state index contributed by atoms with van der Waals surface area (Å²) in [4.78, 5) is 6.86. The smallest absolute Gasteiger partial charge is 0.0578 e. The van der Waals surface area contributed by atoms with Gasteiger partial charge in [-0.15, -0.1) is 0 Å². The molecule has 0 aliphatic heterocycles. The van der Waals surface area contributed by atoms with Crippen LogP contribution >= 0.6 is 0 Å². The molecule has 2 nitrogen and oxygen atoms in total. The summed E-state index contributed by atoms with van der Waals surface area (Å²) in [5.74, 6) is 0. The van der Waals surface area contributed by atoms with Gasteiger partial charge in [0.1, 0.15) is 0 Å². The molecule has 0 bridgehead atoms. The van der Waals surface area contributed by atoms with Gasteiger partial charge in [-0.05, 0) is 120 Å². The van der Waals surface area contributed by atoms with Gasteiger partial charge in [-0.2, -0.15) is 0 Å². The Kier molecular flexibility index (Phi) is 8.19. The number of fused-ring (bicyclic) bond motifs is 4. The molecule has 266 valence electrons. The van der Waals surface area contributed by atoms with Crippen LogP contribution < -0.4 is 4.90 Å². The minimum Gasteiger partial charge on any atom is -0.309 e. The van der Waals surface area contributed by atoms with E-state index in [1.807, 2.05) is 13.3 Å². The number of para-hydroxylation sites is 2. The Morgan fingerprint density at radius 1 is 0.429 bits per heavy atom. The number of hydrogen-bond donors (Lipinski definition) is 0. The van der Waals surface area contributed by atoms with E-state index >= 15 is 0 Å². The van der Waals surface area contributed by atoms with Crippen LogP contribution in [0.25, 0.3) is 77.2 Å². The zero-order valence-electron chi connectivity index (χ0n) is 31.8. The Labute approximate surface area is 328 Å². The molecule has 0 radical (unpaired) electrons. The molecule has 0 unspecified atom stereocenters. The van der Waals surface area contributed by atoms with Crippen LogP contribution in [0.4, 0.5) is 17.1 Å². The summed E-state index contributed by atoms with van der Waals surface area (Å²) >= 11 is 0. The Morgan fingerprint density at radius 2 is 0.964 bits per heavy atom. The molecule has 0 saturated heterocycles. The quantitative estimate of drug-likeness (QED) is 0.150. The maximum Gasteiger partial charge on any atom is 0.0578 e. The van der Waals surface area contributed by atoms with Crippen molar-refractivity contribution in [1.82, 2.24) is 0 Å². The van der Waals surface area contributed by atoms with Crippen LogP contribution in [0, 0.1) is 13.8 Å². The first-order valence-corrected chi connectivity index (χ1v) is 19.4. The second-order valence-corrected chi connectivity index (χ2v) is 14.7. The van der Waals surface area contributed by atoms with Gasteiger partial charge in [-0.25, -0.2) is 0 Å². The monoisotopic (exact) mass is 716 g/mol. The lowest BCUT2D eigenvalue weighted by atomic mass is 9.82. The van der Waals surface area contributed by atoms with Gasteiger partial charge in [-0.1, -0.05) is 164 Å². The first-order chi connectivity index (χ1) is 27.6. The molecule has 0 heterocycles. The van der Waals surface area contributed by atoms with Gasteiger partial charge in [0.15, 0.2) is 0 Å². The third kappa shape index (κ3) is 5.29. The average Bonchev–Trinajstić information content (AvgIpc) is 3.57. The summed E-state index contributed by atoms with van der Waals surface area (Å²) in [6, 6.07) is 66.6. The van der Waals surface area contributed by atoms with Crippen molar-refractivity contribution in [3.05, 3.63) is 199 Å². The fraction of sp³-hybridized carbons (Fsp3) is 0.0556. The van der Waals surface area contributed by atoms with Crippen molar-refractivity contribution >= 4 is 44.8 Å². The van der Waals surface area contributed by atoms with Gasteiger partial charge in [0.05, 0.1) is 5.69 Å². The third-order valence-electron chi connectivity index (χ3n) is 11.5. The second kappa shape index (κ2) is 13.7. The van der Waals surface area contributed by atoms with Crippen molar-refractivity contribution in [1.29, 1.82) is 0 Å². The van der Waals surface area contributed by atoms with Gasteiger partial charge in [0.2, 0.25) is 0 Å². The van der Waals surface area contributed by atoms with Gasteiger partial charge in [0, 0.05) is 30.2 Å². The molecule has 1 aliphatic carbocycles. The highest BCUT2D eigenvalue weighted by atomic mass is 15.1. The summed E-state index contributed by atoms with van der Waals surface area (Å²) in [7, 11) is 1.84. The third-order valence-corrected chi connectivity index (χ3v) is 11.5. The largest absolute Gasteiger partial charge is 0.309 e. The zero-order chi connectivity index (χ0) is 37.8. The minimum absolute atomic E-state index is 1.08. The number of rotatable bonds is 7. The normalized spacial score (nSPS) is 11.8. The fourth-order valence-electron chi connectivity index (χ4n) is 9.11. The summed E-state index contributed by atoms with van der Waals surface area (Å²) < 4.78 is 0. The molecule has 0 aromatic heterocycles. The van der Waals surface area contributed by atoms with Crippen LogP contribution in [0.5, 0.6) is 0 Å². The fourth-order valence-corrected chi connectivity index (χ4v) is 9.11. The molecular formula is C54H40N2. The molecule has 0 fully saturated rings. The van der Waals surface area contributed by atoms with Crippen LogP contribution in [0.2, 0.25) is 0 Å². The summed E-state index contributed by atoms with van der Waals surface area (Å²) in [5, 5.41) is 5.11. The van der Waals surface area contributed by atoms with Gasteiger partial charge >= 0.3 is 0 Å². The van der Waals surface area contributed by atoms with Gasteiger partial charge in [-0.3, -0.25) is 4.99 Å². The molecular weight excluding hydrogens is 677 g/mol. The summed E-state index contributed by atoms with van der Waals surface area (Å²) in [6.07, 6.45) is 1.97. The number of anilines is 3.